The molecule has 24 heavy (non-hydrogen) atoms. The highest BCUT2D eigenvalue weighted by molar-refractivity contribution is 6.36. The van der Waals surface area contributed by atoms with Gasteiger partial charge in [-0.3, -0.25) is 25.0 Å². The molecule has 0 atom stereocenters. The molecule has 124 valence electrons. The van der Waals surface area contributed by atoms with Crippen molar-refractivity contribution in [2.45, 2.75) is 13.3 Å². The van der Waals surface area contributed by atoms with E-state index >= 15 is 0 Å². The number of halogens is 1. The molecule has 0 fully saturated rings. The Kier molecular flexibility index (Phi) is 5.10. The first-order valence-electron chi connectivity index (χ1n) is 6.86. The van der Waals surface area contributed by atoms with Crippen molar-refractivity contribution in [3.8, 4) is 0 Å². The molecule has 0 aromatic heterocycles. The molecule has 0 aliphatic carbocycles. The maximum Gasteiger partial charge on any atom is 0.295 e. The number of nitrogens with zero attached hydrogens (tertiary/aromatic N) is 2. The van der Waals surface area contributed by atoms with Gasteiger partial charge in [-0.2, -0.15) is 0 Å². The van der Waals surface area contributed by atoms with Gasteiger partial charge in [0.15, 0.2) is 0 Å². The van der Waals surface area contributed by atoms with E-state index in [1.807, 2.05) is 19.1 Å². The molecule has 0 saturated carbocycles. The number of hydrogen-bond acceptors (Lipinski definition) is 5. The molecule has 0 saturated heterocycles. The fourth-order valence-corrected chi connectivity index (χ4v) is 2.28. The molecule has 0 aliphatic heterocycles. The van der Waals surface area contributed by atoms with E-state index in [0.717, 1.165) is 24.1 Å². The number of benzene rings is 2. The highest BCUT2D eigenvalue weighted by atomic mass is 35.5. The fourth-order valence-electron chi connectivity index (χ4n) is 2.02. The van der Waals surface area contributed by atoms with Gasteiger partial charge in [-0.1, -0.05) is 30.7 Å². The van der Waals surface area contributed by atoms with Crippen LogP contribution in [0.4, 0.5) is 17.1 Å². The molecular formula is C15H12ClN3O5. The van der Waals surface area contributed by atoms with Crippen LogP contribution in [-0.2, 0) is 6.42 Å². The van der Waals surface area contributed by atoms with Crippen molar-refractivity contribution in [3.05, 3.63) is 72.8 Å². The van der Waals surface area contributed by atoms with Gasteiger partial charge in [-0.25, -0.2) is 0 Å². The Morgan fingerprint density at radius 2 is 1.75 bits per heavy atom. The topological polar surface area (TPSA) is 115 Å². The smallest absolute Gasteiger partial charge is 0.295 e. The van der Waals surface area contributed by atoms with E-state index in [-0.39, 0.29) is 5.56 Å². The highest BCUT2D eigenvalue weighted by Crippen LogP contribution is 2.33. The van der Waals surface area contributed by atoms with Crippen molar-refractivity contribution in [3.63, 3.8) is 0 Å². The molecule has 0 unspecified atom stereocenters. The summed E-state index contributed by atoms with van der Waals surface area (Å²) in [5.74, 6) is -0.768. The van der Waals surface area contributed by atoms with E-state index in [0.29, 0.717) is 5.69 Å². The number of carbonyl (C=O) groups is 1. The molecule has 2 aromatic rings. The second-order valence-electron chi connectivity index (χ2n) is 4.85. The highest BCUT2D eigenvalue weighted by Gasteiger charge is 2.26. The molecule has 8 nitrogen and oxygen atoms in total. The number of hydrogen-bond donors (Lipinski definition) is 1. The molecular weight excluding hydrogens is 338 g/mol. The van der Waals surface area contributed by atoms with Gasteiger partial charge >= 0.3 is 0 Å². The molecule has 0 aliphatic rings. The lowest BCUT2D eigenvalue weighted by Gasteiger charge is -2.08. The summed E-state index contributed by atoms with van der Waals surface area (Å²) in [6.45, 7) is 1.98. The SMILES string of the molecule is CCc1ccc(NC(=O)c2cc([N+](=O)[O-])cc([N+](=O)[O-])c2Cl)cc1. The van der Waals surface area contributed by atoms with E-state index in [9.17, 15) is 25.0 Å². The van der Waals surface area contributed by atoms with E-state index in [1.54, 1.807) is 12.1 Å². The lowest BCUT2D eigenvalue weighted by Crippen LogP contribution is -2.13. The third kappa shape index (κ3) is 3.66. The molecule has 9 heteroatoms. The Hall–Kier alpha value is -3.00. The number of carbonyl (C=O) groups excluding carboxylic acids is 1. The molecule has 1 amide bonds. The van der Waals surface area contributed by atoms with Gasteiger partial charge in [-0.15, -0.1) is 0 Å². The summed E-state index contributed by atoms with van der Waals surface area (Å²) in [6.07, 6.45) is 0.830. The lowest BCUT2D eigenvalue weighted by molar-refractivity contribution is -0.394. The van der Waals surface area contributed by atoms with Crippen LogP contribution in [0.5, 0.6) is 0 Å². The number of rotatable bonds is 5. The molecule has 1 N–H and O–H groups in total. The van der Waals surface area contributed by atoms with Gasteiger partial charge in [0.1, 0.15) is 5.02 Å². The van der Waals surface area contributed by atoms with Crippen LogP contribution >= 0.6 is 11.6 Å². The Balaban J connectivity index is 2.40. The molecule has 0 radical (unpaired) electrons. The fraction of sp³-hybridized carbons (Fsp3) is 0.133. The van der Waals surface area contributed by atoms with Crippen molar-refractivity contribution in [2.75, 3.05) is 5.32 Å². The van der Waals surface area contributed by atoms with Gasteiger partial charge in [0.2, 0.25) is 0 Å². The minimum absolute atomic E-state index is 0.336. The van der Waals surface area contributed by atoms with E-state index in [4.69, 9.17) is 11.6 Å². The maximum absolute atomic E-state index is 12.3. The summed E-state index contributed by atoms with van der Waals surface area (Å²) < 4.78 is 0. The van der Waals surface area contributed by atoms with Gasteiger partial charge in [0.25, 0.3) is 17.3 Å². The Morgan fingerprint density at radius 1 is 1.12 bits per heavy atom. The number of nitrogens with one attached hydrogen (secondary N) is 1. The van der Waals surface area contributed by atoms with Crippen LogP contribution in [0.25, 0.3) is 0 Å². The zero-order valence-corrected chi connectivity index (χ0v) is 13.2. The van der Waals surface area contributed by atoms with Crippen LogP contribution < -0.4 is 5.32 Å². The lowest BCUT2D eigenvalue weighted by atomic mass is 10.1. The number of nitro benzene ring substituents is 2. The van der Waals surface area contributed by atoms with Crippen molar-refractivity contribution in [1.29, 1.82) is 0 Å². The number of anilines is 1. The predicted molar refractivity (Wildman–Crippen MR) is 88.5 cm³/mol. The summed E-state index contributed by atoms with van der Waals surface area (Å²) in [7, 11) is 0. The minimum atomic E-state index is -0.873. The number of aryl methyl sites for hydroxylation is 1. The molecule has 2 rings (SSSR count). The maximum atomic E-state index is 12.3. The summed E-state index contributed by atoms with van der Waals surface area (Å²) in [5, 5.41) is 23.9. The van der Waals surface area contributed by atoms with Crippen LogP contribution in [0.2, 0.25) is 5.02 Å². The predicted octanol–water partition coefficient (Wildman–Crippen LogP) is 3.97. The average Bonchev–Trinajstić information content (AvgIpc) is 2.55. The quantitative estimate of drug-likeness (QED) is 0.647. The van der Waals surface area contributed by atoms with E-state index in [2.05, 4.69) is 5.32 Å². The van der Waals surface area contributed by atoms with Crippen molar-refractivity contribution in [2.24, 2.45) is 0 Å². The third-order valence-corrected chi connectivity index (χ3v) is 3.71. The number of nitro groups is 2. The summed E-state index contributed by atoms with van der Waals surface area (Å²) >= 11 is 5.86. The van der Waals surface area contributed by atoms with Crippen molar-refractivity contribution in [1.82, 2.24) is 0 Å². The van der Waals surface area contributed by atoms with Gasteiger partial charge in [0.05, 0.1) is 21.5 Å². The zero-order chi connectivity index (χ0) is 17.9. The standard InChI is InChI=1S/C15H12ClN3O5/c1-2-9-3-5-10(6-4-9)17-15(20)12-7-11(18(21)22)8-13(14(12)16)19(23)24/h3-8H,2H2,1H3,(H,17,20). The van der Waals surface area contributed by atoms with Crippen LogP contribution in [0.15, 0.2) is 36.4 Å². The largest absolute Gasteiger partial charge is 0.322 e. The van der Waals surface area contributed by atoms with E-state index in [1.165, 1.54) is 0 Å². The second kappa shape index (κ2) is 7.05. The summed E-state index contributed by atoms with van der Waals surface area (Å²) in [6, 6.07) is 8.58. The molecule has 0 heterocycles. The molecule has 0 spiro atoms. The van der Waals surface area contributed by atoms with Crippen LogP contribution in [0, 0.1) is 20.2 Å². The molecule has 2 aromatic carbocycles. The Labute approximate surface area is 141 Å². The van der Waals surface area contributed by atoms with Gasteiger partial charge in [-0.05, 0) is 24.1 Å². The van der Waals surface area contributed by atoms with Gasteiger partial charge in [0, 0.05) is 11.8 Å². The zero-order valence-electron chi connectivity index (χ0n) is 12.5. The second-order valence-corrected chi connectivity index (χ2v) is 5.22. The van der Waals surface area contributed by atoms with Crippen LogP contribution in [-0.4, -0.2) is 15.8 Å². The third-order valence-electron chi connectivity index (χ3n) is 3.31. The first-order valence-corrected chi connectivity index (χ1v) is 7.24. The Bertz CT molecular complexity index is 821. The first-order chi connectivity index (χ1) is 11.3. The van der Waals surface area contributed by atoms with Gasteiger partial charge < -0.3 is 5.32 Å². The Morgan fingerprint density at radius 3 is 2.25 bits per heavy atom. The first kappa shape index (κ1) is 17.4. The van der Waals surface area contributed by atoms with Crippen LogP contribution in [0.3, 0.4) is 0 Å². The van der Waals surface area contributed by atoms with E-state index < -0.39 is 32.2 Å². The average molecular weight is 350 g/mol. The molecule has 0 bridgehead atoms. The van der Waals surface area contributed by atoms with Crippen LogP contribution in [0.1, 0.15) is 22.8 Å². The monoisotopic (exact) mass is 349 g/mol. The number of non-ortho nitro benzene ring substituents is 1. The normalized spacial score (nSPS) is 10.2. The van der Waals surface area contributed by atoms with Crippen molar-refractivity contribution < 1.29 is 14.6 Å². The van der Waals surface area contributed by atoms with Crippen molar-refractivity contribution >= 4 is 34.6 Å². The number of amides is 1. The minimum Gasteiger partial charge on any atom is -0.322 e. The summed E-state index contributed by atoms with van der Waals surface area (Å²) in [4.78, 5) is 32.5. The summed E-state index contributed by atoms with van der Waals surface area (Å²) in [5.41, 5.74) is -0.105.